The van der Waals surface area contributed by atoms with Crippen molar-refractivity contribution in [3.05, 3.63) is 84.2 Å². The first kappa shape index (κ1) is 20.1. The van der Waals surface area contributed by atoms with Gasteiger partial charge in [0.25, 0.3) is 0 Å². The van der Waals surface area contributed by atoms with Crippen molar-refractivity contribution < 1.29 is 4.52 Å². The number of para-hydroxylation sites is 1. The highest BCUT2D eigenvalue weighted by Crippen LogP contribution is 2.39. The molecule has 4 aromatic rings. The summed E-state index contributed by atoms with van der Waals surface area (Å²) in [5.41, 5.74) is 11.5. The molecule has 2 aromatic carbocycles. The molecule has 0 saturated heterocycles. The lowest BCUT2D eigenvalue weighted by atomic mass is 9.80. The highest BCUT2D eigenvalue weighted by molar-refractivity contribution is 5.92. The Morgan fingerprint density at radius 3 is 2.36 bits per heavy atom. The normalized spacial score (nSPS) is 13.3. The zero-order valence-corrected chi connectivity index (χ0v) is 16.8. The van der Waals surface area contributed by atoms with Crippen LogP contribution in [0.3, 0.4) is 0 Å². The Morgan fingerprint density at radius 2 is 1.61 bits per heavy atom. The van der Waals surface area contributed by atoms with E-state index in [1.165, 1.54) is 0 Å². The first-order valence-electron chi connectivity index (χ1n) is 9.27. The van der Waals surface area contributed by atoms with Gasteiger partial charge in [0, 0.05) is 34.8 Å². The number of aromatic nitrogens is 2. The highest BCUT2D eigenvalue weighted by Gasteiger charge is 2.28. The van der Waals surface area contributed by atoms with Gasteiger partial charge in [-0.25, -0.2) is 0 Å². The van der Waals surface area contributed by atoms with E-state index < -0.39 is 0 Å². The average Bonchev–Trinajstić information content (AvgIpc) is 3.12. The van der Waals surface area contributed by atoms with E-state index in [0.717, 1.165) is 33.5 Å². The number of nitrogens with two attached hydrogens (primary N) is 1. The molecule has 0 radical (unpaired) electrons. The molecule has 0 aliphatic rings. The smallest absolute Gasteiger partial charge is 0.167 e. The van der Waals surface area contributed by atoms with Crippen molar-refractivity contribution in [2.24, 2.45) is 11.7 Å². The Kier molecular flexibility index (Phi) is 6.12. The number of pyridine rings is 1. The standard InChI is InChI=1S/C23H23N3O.ClH/c1-15(2)21(19-12-7-8-14-25-19)22(24)16-9-3-4-10-17(16)23-18-11-5-6-13-20(18)27-26-23;/h3-15,21-22H,24H2,1-2H3;1H. The van der Waals surface area contributed by atoms with Gasteiger partial charge in [-0.3, -0.25) is 4.98 Å². The first-order chi connectivity index (χ1) is 13.2. The topological polar surface area (TPSA) is 64.9 Å². The molecule has 2 unspecified atom stereocenters. The molecule has 144 valence electrons. The minimum atomic E-state index is -0.202. The maximum absolute atomic E-state index is 6.82. The second kappa shape index (κ2) is 8.55. The fourth-order valence-corrected chi connectivity index (χ4v) is 3.79. The number of fused-ring (bicyclic) bond motifs is 1. The number of halogens is 1. The van der Waals surface area contributed by atoms with Gasteiger partial charge in [-0.05, 0) is 35.7 Å². The molecule has 0 bridgehead atoms. The van der Waals surface area contributed by atoms with Gasteiger partial charge < -0.3 is 10.3 Å². The quantitative estimate of drug-likeness (QED) is 0.468. The van der Waals surface area contributed by atoms with Gasteiger partial charge in [-0.2, -0.15) is 0 Å². The van der Waals surface area contributed by atoms with Gasteiger partial charge >= 0.3 is 0 Å². The van der Waals surface area contributed by atoms with Crippen LogP contribution in [0.4, 0.5) is 0 Å². The van der Waals surface area contributed by atoms with Crippen molar-refractivity contribution in [2.45, 2.75) is 25.8 Å². The highest BCUT2D eigenvalue weighted by atomic mass is 35.5. The Labute approximate surface area is 171 Å². The summed E-state index contributed by atoms with van der Waals surface area (Å²) in [6.07, 6.45) is 1.83. The van der Waals surface area contributed by atoms with Crippen molar-refractivity contribution in [2.75, 3.05) is 0 Å². The Morgan fingerprint density at radius 1 is 0.893 bits per heavy atom. The number of hydrogen-bond acceptors (Lipinski definition) is 4. The summed E-state index contributed by atoms with van der Waals surface area (Å²) in [5, 5.41) is 5.34. The molecule has 0 aliphatic carbocycles. The largest absolute Gasteiger partial charge is 0.356 e. The van der Waals surface area contributed by atoms with Gasteiger partial charge in [-0.1, -0.05) is 61.5 Å². The van der Waals surface area contributed by atoms with E-state index in [9.17, 15) is 0 Å². The first-order valence-corrected chi connectivity index (χ1v) is 9.27. The van der Waals surface area contributed by atoms with Gasteiger partial charge in [-0.15, -0.1) is 12.4 Å². The van der Waals surface area contributed by atoms with E-state index in [1.54, 1.807) is 0 Å². The summed E-state index contributed by atoms with van der Waals surface area (Å²) >= 11 is 0. The maximum atomic E-state index is 6.82. The van der Waals surface area contributed by atoms with Crippen molar-refractivity contribution in [3.63, 3.8) is 0 Å². The summed E-state index contributed by atoms with van der Waals surface area (Å²) < 4.78 is 5.53. The van der Waals surface area contributed by atoms with Crippen LogP contribution in [-0.4, -0.2) is 10.1 Å². The molecule has 0 aliphatic heterocycles. The molecule has 0 fully saturated rings. The number of benzene rings is 2. The minimum absolute atomic E-state index is 0. The van der Waals surface area contributed by atoms with E-state index in [-0.39, 0.29) is 24.4 Å². The molecule has 0 saturated carbocycles. The lowest BCUT2D eigenvalue weighted by molar-refractivity contribution is 0.417. The maximum Gasteiger partial charge on any atom is 0.167 e. The van der Waals surface area contributed by atoms with Crippen LogP contribution in [0.2, 0.25) is 0 Å². The Balaban J connectivity index is 0.00000225. The van der Waals surface area contributed by atoms with Crippen LogP contribution < -0.4 is 5.73 Å². The van der Waals surface area contributed by atoms with Crippen LogP contribution in [0.25, 0.3) is 22.2 Å². The fourth-order valence-electron chi connectivity index (χ4n) is 3.79. The van der Waals surface area contributed by atoms with E-state index in [1.807, 2.05) is 54.7 Å². The number of hydrogen-bond donors (Lipinski definition) is 1. The van der Waals surface area contributed by atoms with Crippen LogP contribution >= 0.6 is 12.4 Å². The van der Waals surface area contributed by atoms with Gasteiger partial charge in [0.2, 0.25) is 0 Å². The van der Waals surface area contributed by atoms with Crippen LogP contribution in [-0.2, 0) is 0 Å². The molecule has 2 aromatic heterocycles. The summed E-state index contributed by atoms with van der Waals surface area (Å²) in [7, 11) is 0. The van der Waals surface area contributed by atoms with Crippen molar-refractivity contribution in [1.29, 1.82) is 0 Å². The van der Waals surface area contributed by atoms with E-state index in [0.29, 0.717) is 5.92 Å². The molecular weight excluding hydrogens is 370 g/mol. The molecule has 28 heavy (non-hydrogen) atoms. The van der Waals surface area contributed by atoms with Gasteiger partial charge in [0.1, 0.15) is 5.69 Å². The zero-order chi connectivity index (χ0) is 18.8. The van der Waals surface area contributed by atoms with Crippen molar-refractivity contribution >= 4 is 23.4 Å². The number of rotatable bonds is 5. The van der Waals surface area contributed by atoms with Gasteiger partial charge in [0.05, 0.1) is 0 Å². The predicted octanol–water partition coefficient (Wildman–Crippen LogP) is 5.75. The van der Waals surface area contributed by atoms with Crippen LogP contribution in [0.15, 0.2) is 77.4 Å². The third kappa shape index (κ3) is 3.66. The molecule has 0 spiro atoms. The molecule has 0 amide bonds. The Bertz CT molecular complexity index is 1050. The molecule has 2 atom stereocenters. The van der Waals surface area contributed by atoms with E-state index in [4.69, 9.17) is 10.3 Å². The second-order valence-corrected chi connectivity index (χ2v) is 7.16. The van der Waals surface area contributed by atoms with Crippen LogP contribution in [0.5, 0.6) is 0 Å². The third-order valence-electron chi connectivity index (χ3n) is 5.09. The van der Waals surface area contributed by atoms with E-state index in [2.05, 4.69) is 42.2 Å². The molecule has 4 rings (SSSR count). The van der Waals surface area contributed by atoms with Crippen LogP contribution in [0.1, 0.15) is 37.1 Å². The predicted molar refractivity (Wildman–Crippen MR) is 115 cm³/mol. The molecule has 2 N–H and O–H groups in total. The molecule has 4 nitrogen and oxygen atoms in total. The third-order valence-corrected chi connectivity index (χ3v) is 5.09. The molecule has 5 heteroatoms. The van der Waals surface area contributed by atoms with Gasteiger partial charge in [0.15, 0.2) is 5.58 Å². The fraction of sp³-hybridized carbons (Fsp3) is 0.217. The average molecular weight is 394 g/mol. The van der Waals surface area contributed by atoms with E-state index >= 15 is 0 Å². The lowest BCUT2D eigenvalue weighted by Crippen LogP contribution is -2.25. The minimum Gasteiger partial charge on any atom is -0.356 e. The molecular formula is C23H24ClN3O. The second-order valence-electron chi connectivity index (χ2n) is 7.16. The summed E-state index contributed by atoms with van der Waals surface area (Å²) in [6, 6.07) is 21.9. The van der Waals surface area contributed by atoms with Crippen molar-refractivity contribution in [3.8, 4) is 11.3 Å². The summed E-state index contributed by atoms with van der Waals surface area (Å²) in [4.78, 5) is 4.58. The monoisotopic (exact) mass is 393 g/mol. The van der Waals surface area contributed by atoms with Crippen LogP contribution in [0, 0.1) is 5.92 Å². The summed E-state index contributed by atoms with van der Waals surface area (Å²) in [5.74, 6) is 0.447. The Hall–Kier alpha value is -2.69. The zero-order valence-electron chi connectivity index (χ0n) is 15.9. The van der Waals surface area contributed by atoms with Crippen molar-refractivity contribution in [1.82, 2.24) is 10.1 Å². The lowest BCUT2D eigenvalue weighted by Gasteiger charge is -2.28. The molecule has 2 heterocycles. The summed E-state index contributed by atoms with van der Waals surface area (Å²) in [6.45, 7) is 4.38. The SMILES string of the molecule is CC(C)C(c1ccccn1)C(N)c1ccccc1-c1noc2ccccc12.Cl. The number of nitrogens with zero attached hydrogens (tertiary/aromatic N) is 2.